The van der Waals surface area contributed by atoms with Gasteiger partial charge in [-0.05, 0) is 168 Å². The van der Waals surface area contributed by atoms with E-state index < -0.39 is 53.0 Å². The molecular weight excluding hydrogens is 1050 g/mol. The normalized spacial score (nSPS) is 26.9. The minimum atomic E-state index is -1.85. The van der Waals surface area contributed by atoms with Crippen LogP contribution >= 0.6 is 0 Å². The average molecular weight is 1130 g/mol. The number of methoxy groups -OCH3 is 1. The maximum absolute atomic E-state index is 15.4. The Balaban J connectivity index is 1.05. The Morgan fingerprint density at radius 3 is 2.36 bits per heavy atom. The molecule has 6 aromatic rings. The van der Waals surface area contributed by atoms with E-state index in [1.165, 1.54) is 7.11 Å². The predicted molar refractivity (Wildman–Crippen MR) is 331 cm³/mol. The smallest absolute Gasteiger partial charge is 0.173 e. The molecule has 5 aromatic carbocycles. The minimum Gasteiger partial charge on any atom is -0.507 e. The molecule has 2 aliphatic heterocycles. The summed E-state index contributed by atoms with van der Waals surface area (Å²) < 4.78 is 5.57. The third-order valence-electron chi connectivity index (χ3n) is 19.5. The van der Waals surface area contributed by atoms with Gasteiger partial charge in [-0.2, -0.15) is 0 Å². The number of aromatic hydroxyl groups is 2. The highest BCUT2D eigenvalue weighted by Gasteiger charge is 2.50. The molecule has 84 heavy (non-hydrogen) atoms. The molecule has 11 rings (SSSR count). The van der Waals surface area contributed by atoms with Gasteiger partial charge < -0.3 is 51.2 Å². The van der Waals surface area contributed by atoms with Crippen molar-refractivity contribution in [1.29, 1.82) is 0 Å². The number of Topliss-reactive ketones (excluding diaryl/α,β-unsaturated/α-hetero) is 2. The van der Waals surface area contributed by atoms with Crippen LogP contribution in [0.4, 0.5) is 5.69 Å². The van der Waals surface area contributed by atoms with Crippen LogP contribution in [-0.4, -0.2) is 87.1 Å². The maximum atomic E-state index is 15.4. The number of dihydropyridines is 1. The number of hydrogen-bond donors (Lipinski definition) is 9. The molecule has 9 bridgehead atoms. The number of carbonyl (C=O) groups is 2. The molecule has 1 aromatic heterocycles. The van der Waals surface area contributed by atoms with Crippen LogP contribution < -0.4 is 20.7 Å². The number of β-amino-alcohol motifs (C(OH)–C–C–N with tert-alkyl or cyclic N) is 1. The molecule has 0 amide bonds. The fourth-order valence-corrected chi connectivity index (χ4v) is 15.0. The van der Waals surface area contributed by atoms with E-state index in [0.717, 1.165) is 106 Å². The van der Waals surface area contributed by atoms with Gasteiger partial charge in [-0.15, -0.1) is 0 Å². The van der Waals surface area contributed by atoms with Crippen molar-refractivity contribution < 1.29 is 39.9 Å². The predicted octanol–water partition coefficient (Wildman–Crippen LogP) is 11.6. The third-order valence-corrected chi connectivity index (χ3v) is 19.5. The fourth-order valence-electron chi connectivity index (χ4n) is 15.0. The van der Waals surface area contributed by atoms with Crippen LogP contribution in [0.5, 0.6) is 17.2 Å². The molecule has 10 unspecified atom stereocenters. The summed E-state index contributed by atoms with van der Waals surface area (Å²) in [7, 11) is 1.49. The first kappa shape index (κ1) is 58.6. The molecule has 2 fully saturated rings. The average Bonchev–Trinajstić information content (AvgIpc) is 2.22. The number of benzene rings is 5. The molecule has 3 aliphatic carbocycles. The van der Waals surface area contributed by atoms with Gasteiger partial charge >= 0.3 is 0 Å². The Kier molecular flexibility index (Phi) is 18.1. The number of phenols is 2. The second-order valence-corrected chi connectivity index (χ2v) is 25.1. The van der Waals surface area contributed by atoms with E-state index in [0.29, 0.717) is 62.7 Å². The van der Waals surface area contributed by atoms with Crippen molar-refractivity contribution in [3.8, 4) is 29.1 Å². The van der Waals surface area contributed by atoms with Crippen LogP contribution in [0.2, 0.25) is 0 Å². The van der Waals surface area contributed by atoms with E-state index in [-0.39, 0.29) is 60.2 Å². The largest absolute Gasteiger partial charge is 0.507 e. The van der Waals surface area contributed by atoms with E-state index >= 15 is 4.79 Å². The lowest BCUT2D eigenvalue weighted by molar-refractivity contribution is -0.142. The van der Waals surface area contributed by atoms with Crippen molar-refractivity contribution >= 4 is 28.0 Å². The van der Waals surface area contributed by atoms with Crippen molar-refractivity contribution in [3.63, 3.8) is 0 Å². The molecule has 0 radical (unpaired) electrons. The molecule has 10 atom stereocenters. The topological polar surface area (TPSA) is 196 Å². The highest BCUT2D eigenvalue weighted by Crippen LogP contribution is 2.51. The number of aliphatic hydroxyl groups excluding tert-OH is 3. The van der Waals surface area contributed by atoms with Gasteiger partial charge in [0.1, 0.15) is 11.6 Å². The zero-order valence-electron chi connectivity index (χ0n) is 49.0. The zero-order chi connectivity index (χ0) is 58.5. The number of allylic oxidation sites excluding steroid dienone is 2. The van der Waals surface area contributed by atoms with E-state index in [1.807, 2.05) is 66.7 Å². The summed E-state index contributed by atoms with van der Waals surface area (Å²) in [6, 6.07) is 34.1. The highest BCUT2D eigenvalue weighted by atomic mass is 16.5. The van der Waals surface area contributed by atoms with Gasteiger partial charge in [0.05, 0.1) is 25.2 Å². The van der Waals surface area contributed by atoms with Crippen molar-refractivity contribution in [1.82, 2.24) is 15.6 Å². The monoisotopic (exact) mass is 1130 g/mol. The zero-order valence-corrected chi connectivity index (χ0v) is 49.0. The van der Waals surface area contributed by atoms with Gasteiger partial charge in [-0.3, -0.25) is 9.59 Å². The summed E-state index contributed by atoms with van der Waals surface area (Å²) in [4.78, 5) is 33.5. The lowest BCUT2D eigenvalue weighted by atomic mass is 9.61. The van der Waals surface area contributed by atoms with Gasteiger partial charge in [-0.25, -0.2) is 0 Å². The number of ether oxygens (including phenoxy) is 1. The molecule has 12 nitrogen and oxygen atoms in total. The quantitative estimate of drug-likeness (QED) is 0.0569. The van der Waals surface area contributed by atoms with Crippen LogP contribution in [-0.2, 0) is 34.3 Å². The first-order valence-corrected chi connectivity index (χ1v) is 31.0. The van der Waals surface area contributed by atoms with E-state index in [1.54, 1.807) is 12.1 Å². The number of aliphatic hydroxyl groups is 3. The molecule has 12 heteroatoms. The number of hydrogen-bond acceptors (Lipinski definition) is 11. The Morgan fingerprint density at radius 1 is 0.798 bits per heavy atom. The van der Waals surface area contributed by atoms with Gasteiger partial charge in [0.25, 0.3) is 0 Å². The molecule has 2 saturated carbocycles. The van der Waals surface area contributed by atoms with Gasteiger partial charge in [-0.1, -0.05) is 130 Å². The van der Waals surface area contributed by atoms with Crippen molar-refractivity contribution in [2.24, 2.45) is 29.6 Å². The summed E-state index contributed by atoms with van der Waals surface area (Å²) in [6.45, 7) is 5.85. The Labute approximate surface area is 495 Å². The number of ketones is 2. The lowest BCUT2D eigenvalue weighted by Crippen LogP contribution is -2.48. The number of fused-ring (bicyclic) bond motifs is 10. The van der Waals surface area contributed by atoms with E-state index in [4.69, 9.17) is 4.74 Å². The summed E-state index contributed by atoms with van der Waals surface area (Å²) >= 11 is 0. The summed E-state index contributed by atoms with van der Waals surface area (Å²) in [5.74, 6) is 5.29. The summed E-state index contributed by atoms with van der Waals surface area (Å²) in [6.07, 6.45) is 12.5. The van der Waals surface area contributed by atoms with Crippen LogP contribution in [0.25, 0.3) is 10.8 Å². The standard InChI is InChI=1S/C72H84N4O8/c1-4-14-58-53-32-47(31-49-21-23-57(48-17-10-6-11-18-48)59-40-64(79)65(84-3)37-51(59)22-24-63(78)70(82)69(81)60(49)36-53)29-46-25-28-74-67(33-46)76-62-39-61-50(34-54(62)30-45-15-8-5-9-16-45)19-20-52(68(61)80)35-56(77)43-73-41-44(2)55-38-66(75-42-55)72(71(58)83)26-12-7-13-27-72/h5-6,8-11,15-20,25,33-34,37-40,42,44,47,49,53,56-58,60,70-71,73-77,79-80,82-83H,4,7,12-14,22,24,26-32,35-36,41,43H2,1-3H3. The first-order valence-electron chi connectivity index (χ1n) is 31.0. The molecule has 1 spiro atoms. The number of nitrogens with one attached hydrogen (secondary N) is 4. The lowest BCUT2D eigenvalue weighted by Gasteiger charge is -2.46. The first-order chi connectivity index (χ1) is 40.8. The van der Waals surface area contributed by atoms with Gasteiger partial charge in [0.2, 0.25) is 0 Å². The molecular formula is C72H84N4O8. The van der Waals surface area contributed by atoms with Gasteiger partial charge in [0.15, 0.2) is 29.2 Å². The number of aromatic nitrogens is 1. The molecule has 0 saturated heterocycles. The third kappa shape index (κ3) is 12.6. The number of carbonyl (C=O) groups excluding carboxylic acids is 2. The molecule has 9 N–H and O–H groups in total. The number of H-pyrrole nitrogens is 1. The summed E-state index contributed by atoms with van der Waals surface area (Å²) in [5.41, 5.74) is 8.78. The molecule has 440 valence electrons. The molecule has 3 heterocycles. The summed E-state index contributed by atoms with van der Waals surface area (Å²) in [5, 5.41) is 73.0. The van der Waals surface area contributed by atoms with E-state index in [9.17, 15) is 30.3 Å². The van der Waals surface area contributed by atoms with Crippen LogP contribution in [0.15, 0.2) is 133 Å². The number of phenolic OH excluding ortho intramolecular Hbond substituents is 2. The van der Waals surface area contributed by atoms with E-state index in [2.05, 4.69) is 89.2 Å². The fraction of sp³-hybridized carbons (Fsp3) is 0.444. The Hall–Kier alpha value is -7.14. The number of aromatic amines is 1. The second-order valence-electron chi connectivity index (χ2n) is 25.1. The molecule has 5 aliphatic rings. The Morgan fingerprint density at radius 2 is 1.58 bits per heavy atom. The minimum absolute atomic E-state index is 0.0284. The van der Waals surface area contributed by atoms with Gasteiger partial charge in [0, 0.05) is 72.7 Å². The SMILES string of the molecule is CCCC1C2CC(CC3=CCNC(=C3)Nc3cc4c(O)c(ccc4cc3Cc3ccccc3)CC(O)CNCC(C)c3c[nH]c(c3)C3(CCCCC3)C1O)CC1C#CC(c3ccccc3)c3cc(O)c(OC)cc3CCC(=O)C(O)C(=O)C1C2. The number of aryl methyl sites for hydroxylation is 1. The van der Waals surface area contributed by atoms with Crippen LogP contribution in [0, 0.1) is 41.4 Å². The number of anilines is 1. The van der Waals surface area contributed by atoms with Crippen LogP contribution in [0.1, 0.15) is 147 Å². The van der Waals surface area contributed by atoms with Crippen molar-refractivity contribution in [2.45, 2.75) is 146 Å². The maximum Gasteiger partial charge on any atom is 0.173 e. The highest BCUT2D eigenvalue weighted by molar-refractivity contribution is 6.06. The van der Waals surface area contributed by atoms with Crippen molar-refractivity contribution in [2.75, 3.05) is 32.1 Å². The number of rotatable bonds is 6. The Bertz CT molecular complexity index is 3440. The second kappa shape index (κ2) is 26.0. The van der Waals surface area contributed by atoms with Crippen LogP contribution in [0.3, 0.4) is 0 Å². The van der Waals surface area contributed by atoms with Crippen molar-refractivity contribution in [3.05, 3.63) is 178 Å².